The Balaban J connectivity index is 2.33. The van der Waals surface area contributed by atoms with E-state index in [2.05, 4.69) is 10.3 Å². The van der Waals surface area contributed by atoms with Crippen LogP contribution >= 0.6 is 0 Å². The quantitative estimate of drug-likeness (QED) is 0.752. The van der Waals surface area contributed by atoms with E-state index in [1.807, 2.05) is 13.8 Å². The lowest BCUT2D eigenvalue weighted by atomic mass is 10.1. The van der Waals surface area contributed by atoms with Crippen molar-refractivity contribution in [1.29, 1.82) is 0 Å². The van der Waals surface area contributed by atoms with Crippen molar-refractivity contribution in [3.63, 3.8) is 0 Å². The molecule has 0 fully saturated rings. The normalized spacial score (nSPS) is 11.3. The maximum atomic E-state index is 11.6. The zero-order valence-corrected chi connectivity index (χ0v) is 11.3. The third-order valence-corrected chi connectivity index (χ3v) is 2.68. The molecule has 1 aromatic heterocycles. The molecule has 0 radical (unpaired) electrons. The molecule has 7 nitrogen and oxygen atoms in total. The molecule has 1 aromatic rings. The molecule has 1 heterocycles. The lowest BCUT2D eigenvalue weighted by molar-refractivity contribution is -0.126. The molecule has 7 heteroatoms. The number of imidazole rings is 1. The summed E-state index contributed by atoms with van der Waals surface area (Å²) in [6.07, 6.45) is 3.12. The lowest BCUT2D eigenvalue weighted by Gasteiger charge is -2.21. The summed E-state index contributed by atoms with van der Waals surface area (Å²) in [5, 5.41) is 11.5. The van der Waals surface area contributed by atoms with Crippen molar-refractivity contribution in [2.75, 3.05) is 13.7 Å². The largest absolute Gasteiger partial charge is 0.476 e. The minimum absolute atomic E-state index is 0.00755. The van der Waals surface area contributed by atoms with E-state index in [1.165, 1.54) is 12.5 Å². The first-order chi connectivity index (χ1) is 8.84. The number of carbonyl (C=O) groups is 2. The number of rotatable bonds is 7. The van der Waals surface area contributed by atoms with Crippen molar-refractivity contribution >= 4 is 11.9 Å². The van der Waals surface area contributed by atoms with Crippen LogP contribution in [-0.2, 0) is 16.1 Å². The van der Waals surface area contributed by atoms with Gasteiger partial charge in [-0.05, 0) is 13.8 Å². The van der Waals surface area contributed by atoms with Crippen molar-refractivity contribution in [2.24, 2.45) is 0 Å². The van der Waals surface area contributed by atoms with Crippen LogP contribution in [0.15, 0.2) is 12.5 Å². The molecule has 1 rings (SSSR count). The Morgan fingerprint density at radius 3 is 2.74 bits per heavy atom. The second-order valence-electron chi connectivity index (χ2n) is 4.79. The summed E-state index contributed by atoms with van der Waals surface area (Å²) in [4.78, 5) is 26.0. The fourth-order valence-electron chi connectivity index (χ4n) is 1.44. The van der Waals surface area contributed by atoms with Crippen molar-refractivity contribution in [3.05, 3.63) is 18.2 Å². The molecule has 0 saturated heterocycles. The van der Waals surface area contributed by atoms with E-state index in [0.717, 1.165) is 0 Å². The molecule has 0 spiro atoms. The average Bonchev–Trinajstić information content (AvgIpc) is 2.77. The van der Waals surface area contributed by atoms with Crippen molar-refractivity contribution in [1.82, 2.24) is 14.9 Å². The maximum absolute atomic E-state index is 11.6. The minimum Gasteiger partial charge on any atom is -0.476 e. The summed E-state index contributed by atoms with van der Waals surface area (Å²) < 4.78 is 6.78. The average molecular weight is 269 g/mol. The number of nitrogens with zero attached hydrogens (tertiary/aromatic N) is 2. The number of carboxylic acid groups (broad SMARTS) is 1. The Bertz CT molecular complexity index is 454. The Labute approximate surface area is 111 Å². The first-order valence-electron chi connectivity index (χ1n) is 5.91. The summed E-state index contributed by atoms with van der Waals surface area (Å²) in [6.45, 7) is 4.55. The predicted molar refractivity (Wildman–Crippen MR) is 67.9 cm³/mol. The van der Waals surface area contributed by atoms with Crippen LogP contribution in [0.25, 0.3) is 0 Å². The fraction of sp³-hybridized carbons (Fsp3) is 0.583. The monoisotopic (exact) mass is 269 g/mol. The van der Waals surface area contributed by atoms with Crippen LogP contribution < -0.4 is 5.32 Å². The van der Waals surface area contributed by atoms with E-state index in [4.69, 9.17) is 9.84 Å². The summed E-state index contributed by atoms with van der Waals surface area (Å²) in [6, 6.07) is 0. The molecule has 0 aliphatic rings. The van der Waals surface area contributed by atoms with Gasteiger partial charge in [0.1, 0.15) is 0 Å². The van der Waals surface area contributed by atoms with Gasteiger partial charge < -0.3 is 19.7 Å². The molecule has 0 aliphatic heterocycles. The number of ether oxygens (including phenoxy) is 1. The van der Waals surface area contributed by atoms with Crippen molar-refractivity contribution < 1.29 is 19.4 Å². The Morgan fingerprint density at radius 1 is 1.53 bits per heavy atom. The smallest absolute Gasteiger partial charge is 0.356 e. The van der Waals surface area contributed by atoms with E-state index >= 15 is 0 Å². The highest BCUT2D eigenvalue weighted by Gasteiger charge is 2.20. The maximum Gasteiger partial charge on any atom is 0.356 e. The van der Waals surface area contributed by atoms with Gasteiger partial charge in [-0.15, -0.1) is 0 Å². The van der Waals surface area contributed by atoms with Gasteiger partial charge in [0.05, 0.1) is 18.3 Å². The van der Waals surface area contributed by atoms with Gasteiger partial charge >= 0.3 is 5.97 Å². The molecule has 106 valence electrons. The van der Waals surface area contributed by atoms with E-state index in [1.54, 1.807) is 11.7 Å². The highest BCUT2D eigenvalue weighted by Crippen LogP contribution is 2.11. The topological polar surface area (TPSA) is 93.5 Å². The number of carboxylic acids is 1. The number of amides is 1. The molecule has 0 bridgehead atoms. The minimum atomic E-state index is -1.07. The Morgan fingerprint density at radius 2 is 2.21 bits per heavy atom. The van der Waals surface area contributed by atoms with Gasteiger partial charge in [-0.3, -0.25) is 4.79 Å². The molecule has 0 aliphatic carbocycles. The summed E-state index contributed by atoms with van der Waals surface area (Å²) in [7, 11) is 1.56. The third-order valence-electron chi connectivity index (χ3n) is 2.68. The van der Waals surface area contributed by atoms with Gasteiger partial charge in [-0.1, -0.05) is 0 Å². The highest BCUT2D eigenvalue weighted by molar-refractivity contribution is 5.84. The molecule has 0 aromatic carbocycles. The number of carbonyl (C=O) groups excluding carboxylic acids is 1. The molecule has 0 saturated carbocycles. The third kappa shape index (κ3) is 5.09. The van der Waals surface area contributed by atoms with Crippen LogP contribution in [0.2, 0.25) is 0 Å². The van der Waals surface area contributed by atoms with E-state index in [0.29, 0.717) is 13.1 Å². The molecule has 0 atom stereocenters. The predicted octanol–water partition coefficient (Wildman–Crippen LogP) is 0.513. The van der Waals surface area contributed by atoms with Crippen LogP contribution in [0.5, 0.6) is 0 Å². The van der Waals surface area contributed by atoms with Gasteiger partial charge in [-0.25, -0.2) is 9.78 Å². The first-order valence-corrected chi connectivity index (χ1v) is 5.91. The second kappa shape index (κ2) is 6.33. The molecule has 2 N–H and O–H groups in total. The van der Waals surface area contributed by atoms with Gasteiger partial charge in [0.2, 0.25) is 5.91 Å². The number of hydrogen-bond acceptors (Lipinski definition) is 4. The van der Waals surface area contributed by atoms with Crippen LogP contribution in [0, 0.1) is 0 Å². The molecular formula is C12H19N3O4. The van der Waals surface area contributed by atoms with Crippen molar-refractivity contribution in [2.45, 2.75) is 32.4 Å². The molecular weight excluding hydrogens is 250 g/mol. The summed E-state index contributed by atoms with van der Waals surface area (Å²) in [5.41, 5.74) is -0.498. The summed E-state index contributed by atoms with van der Waals surface area (Å²) >= 11 is 0. The number of aromatic nitrogens is 2. The van der Waals surface area contributed by atoms with Gasteiger partial charge in [0.25, 0.3) is 0 Å². The fourth-order valence-corrected chi connectivity index (χ4v) is 1.44. The first kappa shape index (κ1) is 15.2. The van der Waals surface area contributed by atoms with Crippen LogP contribution in [0.1, 0.15) is 30.8 Å². The van der Waals surface area contributed by atoms with Gasteiger partial charge in [0.15, 0.2) is 5.69 Å². The number of methoxy groups -OCH3 is 1. The summed E-state index contributed by atoms with van der Waals surface area (Å²) in [5.74, 6) is -1.17. The van der Waals surface area contributed by atoms with Gasteiger partial charge in [0, 0.05) is 26.4 Å². The van der Waals surface area contributed by atoms with Crippen molar-refractivity contribution in [3.8, 4) is 0 Å². The van der Waals surface area contributed by atoms with Crippen LogP contribution in [-0.4, -0.2) is 45.8 Å². The Kier molecular flexibility index (Phi) is 5.05. The molecule has 1 amide bonds. The lowest BCUT2D eigenvalue weighted by Crippen LogP contribution is -2.35. The van der Waals surface area contributed by atoms with E-state index in [-0.39, 0.29) is 18.0 Å². The van der Waals surface area contributed by atoms with E-state index in [9.17, 15) is 9.59 Å². The highest BCUT2D eigenvalue weighted by atomic mass is 16.5. The zero-order valence-electron chi connectivity index (χ0n) is 11.3. The Hall–Kier alpha value is -1.89. The van der Waals surface area contributed by atoms with E-state index < -0.39 is 11.6 Å². The zero-order chi connectivity index (χ0) is 14.5. The molecule has 19 heavy (non-hydrogen) atoms. The second-order valence-corrected chi connectivity index (χ2v) is 4.79. The number of hydrogen-bond donors (Lipinski definition) is 2. The van der Waals surface area contributed by atoms with Crippen LogP contribution in [0.4, 0.5) is 0 Å². The standard InChI is InChI=1S/C12H19N3O4/c1-12(2,19-3)6-10(16)13-4-5-15-7-9(11(17)18)14-8-15/h7-8H,4-6H2,1-3H3,(H,13,16)(H,17,18). The van der Waals surface area contributed by atoms with Crippen LogP contribution in [0.3, 0.4) is 0 Å². The molecule has 0 unspecified atom stereocenters. The number of nitrogens with one attached hydrogen (secondary N) is 1. The number of aromatic carboxylic acids is 1. The van der Waals surface area contributed by atoms with Gasteiger partial charge in [-0.2, -0.15) is 0 Å². The SMILES string of the molecule is COC(C)(C)CC(=O)NCCn1cnc(C(=O)O)c1.